The molecule has 2 unspecified atom stereocenters. The Morgan fingerprint density at radius 3 is 2.35 bits per heavy atom. The molecule has 0 bridgehead atoms. The van der Waals surface area contributed by atoms with E-state index in [0.29, 0.717) is 13.2 Å². The van der Waals surface area contributed by atoms with E-state index < -0.39 is 19.3 Å². The molecule has 17 heavy (non-hydrogen) atoms. The van der Waals surface area contributed by atoms with Crippen LogP contribution in [0.3, 0.4) is 0 Å². The van der Waals surface area contributed by atoms with E-state index in [-0.39, 0.29) is 6.04 Å². The Morgan fingerprint density at radius 2 is 1.76 bits per heavy atom. The molecule has 0 aromatic heterocycles. The summed E-state index contributed by atoms with van der Waals surface area (Å²) in [6.07, 6.45) is 3.62. The summed E-state index contributed by atoms with van der Waals surface area (Å²) in [5.41, 5.74) is 0. The van der Waals surface area contributed by atoms with E-state index in [1.165, 1.54) is 0 Å². The third-order valence-electron chi connectivity index (χ3n) is 4.54. The van der Waals surface area contributed by atoms with Gasteiger partial charge in [0.15, 0.2) is 14.5 Å². The van der Waals surface area contributed by atoms with E-state index in [9.17, 15) is 8.42 Å². The molecule has 4 nitrogen and oxygen atoms in total. The lowest BCUT2D eigenvalue weighted by Crippen LogP contribution is -2.73. The van der Waals surface area contributed by atoms with Gasteiger partial charge in [-0.15, -0.1) is 11.6 Å². The molecule has 0 radical (unpaired) electrons. The number of morpholine rings is 1. The zero-order chi connectivity index (χ0) is 12.1. The Morgan fingerprint density at radius 1 is 1.18 bits per heavy atom. The van der Waals surface area contributed by atoms with Crippen LogP contribution in [-0.2, 0) is 14.6 Å². The fraction of sp³-hybridized carbons (Fsp3) is 1.00. The van der Waals surface area contributed by atoms with Crippen LogP contribution in [0.15, 0.2) is 0 Å². The molecule has 0 amide bonds. The summed E-state index contributed by atoms with van der Waals surface area (Å²) in [5, 5.41) is 0. The van der Waals surface area contributed by atoms with E-state index in [1.807, 2.05) is 0 Å². The molecule has 98 valence electrons. The average molecular weight is 280 g/mol. The molecule has 1 saturated carbocycles. The van der Waals surface area contributed by atoms with Crippen molar-refractivity contribution in [1.82, 2.24) is 4.90 Å². The molecule has 2 heterocycles. The fourth-order valence-corrected chi connectivity index (χ4v) is 7.12. The van der Waals surface area contributed by atoms with Crippen molar-refractivity contribution < 1.29 is 13.2 Å². The Hall–Kier alpha value is 0.160. The second kappa shape index (κ2) is 4.08. The van der Waals surface area contributed by atoms with Crippen LogP contribution in [-0.4, -0.2) is 55.1 Å². The third kappa shape index (κ3) is 1.52. The Kier molecular flexibility index (Phi) is 2.93. The summed E-state index contributed by atoms with van der Waals surface area (Å²) in [5.74, 6) is 0. The molecule has 1 spiro atoms. The summed E-state index contributed by atoms with van der Waals surface area (Å²) < 4.78 is 28.6. The van der Waals surface area contributed by atoms with Crippen molar-refractivity contribution in [2.24, 2.45) is 0 Å². The molecule has 2 aliphatic heterocycles. The first-order valence-electron chi connectivity index (χ1n) is 6.29. The van der Waals surface area contributed by atoms with Gasteiger partial charge in [-0.1, -0.05) is 12.8 Å². The van der Waals surface area contributed by atoms with Gasteiger partial charge >= 0.3 is 0 Å². The van der Waals surface area contributed by atoms with E-state index >= 15 is 0 Å². The Labute approximate surface area is 107 Å². The minimum Gasteiger partial charge on any atom is -0.379 e. The Bertz CT molecular complexity index is 399. The van der Waals surface area contributed by atoms with E-state index in [2.05, 4.69) is 4.90 Å². The fourth-order valence-electron chi connectivity index (χ4n) is 3.64. The summed E-state index contributed by atoms with van der Waals surface area (Å²) >= 11 is 6.14. The first kappa shape index (κ1) is 12.2. The zero-order valence-corrected chi connectivity index (χ0v) is 11.3. The second-order valence-corrected chi connectivity index (χ2v) is 8.40. The molecule has 0 N–H and O–H groups in total. The number of alkyl halides is 1. The average Bonchev–Trinajstić information content (AvgIpc) is 2.83. The molecular weight excluding hydrogens is 262 g/mol. The van der Waals surface area contributed by atoms with Crippen LogP contribution in [0.1, 0.15) is 25.7 Å². The van der Waals surface area contributed by atoms with Gasteiger partial charge < -0.3 is 4.74 Å². The molecule has 3 rings (SSSR count). The molecule has 0 aromatic rings. The van der Waals surface area contributed by atoms with Crippen LogP contribution in [0.2, 0.25) is 0 Å². The molecule has 2 atom stereocenters. The van der Waals surface area contributed by atoms with Gasteiger partial charge in [0.1, 0.15) is 0 Å². The molecule has 3 fully saturated rings. The van der Waals surface area contributed by atoms with Gasteiger partial charge in [0.05, 0.1) is 24.0 Å². The molecule has 0 aromatic carbocycles. The van der Waals surface area contributed by atoms with Crippen molar-refractivity contribution in [1.29, 1.82) is 0 Å². The number of sulfone groups is 1. The van der Waals surface area contributed by atoms with Gasteiger partial charge in [-0.3, -0.25) is 4.90 Å². The van der Waals surface area contributed by atoms with E-state index in [1.54, 1.807) is 0 Å². The van der Waals surface area contributed by atoms with Crippen molar-refractivity contribution in [3.8, 4) is 0 Å². The number of hydrogen-bond acceptors (Lipinski definition) is 4. The van der Waals surface area contributed by atoms with Crippen molar-refractivity contribution in [3.05, 3.63) is 0 Å². The standard InChI is InChI=1S/C11H18ClNO3S/c12-10-9(13-5-7-16-8-6-13)11(17(10,14)15)3-1-2-4-11/h9-10H,1-8H2. The summed E-state index contributed by atoms with van der Waals surface area (Å²) in [4.78, 5) is 2.23. The highest BCUT2D eigenvalue weighted by molar-refractivity contribution is 7.96. The highest BCUT2D eigenvalue weighted by atomic mass is 35.5. The largest absolute Gasteiger partial charge is 0.379 e. The van der Waals surface area contributed by atoms with Gasteiger partial charge in [-0.2, -0.15) is 0 Å². The maximum atomic E-state index is 12.2. The van der Waals surface area contributed by atoms with Gasteiger partial charge in [0, 0.05) is 13.1 Å². The summed E-state index contributed by atoms with van der Waals surface area (Å²) in [6, 6.07) is 0.0144. The smallest absolute Gasteiger partial charge is 0.175 e. The number of halogens is 1. The van der Waals surface area contributed by atoms with Crippen LogP contribution in [0.4, 0.5) is 0 Å². The SMILES string of the molecule is O=S1(=O)C(Cl)C(N2CCOCC2)C12CCCC2. The lowest BCUT2D eigenvalue weighted by molar-refractivity contribution is 0.00379. The van der Waals surface area contributed by atoms with Crippen LogP contribution >= 0.6 is 11.6 Å². The van der Waals surface area contributed by atoms with Crippen molar-refractivity contribution in [2.45, 2.75) is 41.2 Å². The lowest BCUT2D eigenvalue weighted by Gasteiger charge is -2.55. The molecule has 6 heteroatoms. The topological polar surface area (TPSA) is 46.6 Å². The van der Waals surface area contributed by atoms with Crippen LogP contribution in [0.25, 0.3) is 0 Å². The lowest BCUT2D eigenvalue weighted by atomic mass is 9.94. The predicted octanol–water partition coefficient (Wildman–Crippen LogP) is 0.993. The van der Waals surface area contributed by atoms with Gasteiger partial charge in [-0.25, -0.2) is 8.42 Å². The minimum absolute atomic E-state index is 0.0144. The normalized spacial score (nSPS) is 40.3. The maximum absolute atomic E-state index is 12.2. The van der Waals surface area contributed by atoms with Crippen molar-refractivity contribution in [3.63, 3.8) is 0 Å². The Balaban J connectivity index is 1.88. The second-order valence-electron chi connectivity index (χ2n) is 5.26. The number of ether oxygens (including phenoxy) is 1. The highest BCUT2D eigenvalue weighted by Crippen LogP contribution is 2.54. The predicted molar refractivity (Wildman–Crippen MR) is 65.9 cm³/mol. The highest BCUT2D eigenvalue weighted by Gasteiger charge is 2.68. The van der Waals surface area contributed by atoms with E-state index in [0.717, 1.165) is 38.8 Å². The number of nitrogens with zero attached hydrogens (tertiary/aromatic N) is 1. The summed E-state index contributed by atoms with van der Waals surface area (Å²) in [7, 11) is -3.12. The number of hydrogen-bond donors (Lipinski definition) is 0. The van der Waals surface area contributed by atoms with Gasteiger partial charge in [0.25, 0.3) is 0 Å². The summed E-state index contributed by atoms with van der Waals surface area (Å²) in [6.45, 7) is 3.00. The van der Waals surface area contributed by atoms with E-state index in [4.69, 9.17) is 16.3 Å². The minimum atomic E-state index is -3.12. The first-order chi connectivity index (χ1) is 8.09. The molecular formula is C11H18ClNO3S. The first-order valence-corrected chi connectivity index (χ1v) is 8.27. The van der Waals surface area contributed by atoms with Crippen LogP contribution < -0.4 is 0 Å². The number of rotatable bonds is 1. The van der Waals surface area contributed by atoms with Crippen molar-refractivity contribution in [2.75, 3.05) is 26.3 Å². The quantitative estimate of drug-likeness (QED) is 0.672. The van der Waals surface area contributed by atoms with Crippen LogP contribution in [0.5, 0.6) is 0 Å². The maximum Gasteiger partial charge on any atom is 0.175 e. The van der Waals surface area contributed by atoms with Crippen LogP contribution in [0, 0.1) is 0 Å². The van der Waals surface area contributed by atoms with Crippen molar-refractivity contribution >= 4 is 21.4 Å². The van der Waals surface area contributed by atoms with Gasteiger partial charge in [0.2, 0.25) is 0 Å². The van der Waals surface area contributed by atoms with Gasteiger partial charge in [-0.05, 0) is 12.8 Å². The molecule has 1 aliphatic carbocycles. The third-order valence-corrected chi connectivity index (χ3v) is 8.12. The monoisotopic (exact) mass is 279 g/mol. The molecule has 3 aliphatic rings. The molecule has 2 saturated heterocycles. The zero-order valence-electron chi connectivity index (χ0n) is 9.77.